The summed E-state index contributed by atoms with van der Waals surface area (Å²) in [6.07, 6.45) is 0.286. The van der Waals surface area contributed by atoms with Gasteiger partial charge in [-0.2, -0.15) is 0 Å². The SMILES string of the molecule is COc1ccc(CC(=O)Nc2cccc(-c3nnc(C)o3)c2)cc1. The molecule has 1 N–H and O–H groups in total. The number of methoxy groups -OCH3 is 1. The van der Waals surface area contributed by atoms with Crippen molar-refractivity contribution in [1.29, 1.82) is 0 Å². The number of carbonyl (C=O) groups excluding carboxylic acids is 1. The molecule has 24 heavy (non-hydrogen) atoms. The summed E-state index contributed by atoms with van der Waals surface area (Å²) in [5.41, 5.74) is 2.36. The van der Waals surface area contributed by atoms with Gasteiger partial charge in [-0.3, -0.25) is 4.79 Å². The lowest BCUT2D eigenvalue weighted by molar-refractivity contribution is -0.115. The fraction of sp³-hybridized carbons (Fsp3) is 0.167. The van der Waals surface area contributed by atoms with E-state index in [2.05, 4.69) is 15.5 Å². The Labute approximate surface area is 139 Å². The third kappa shape index (κ3) is 3.78. The number of nitrogens with one attached hydrogen (secondary N) is 1. The van der Waals surface area contributed by atoms with Gasteiger partial charge in [-0.15, -0.1) is 10.2 Å². The summed E-state index contributed by atoms with van der Waals surface area (Å²) in [6, 6.07) is 14.7. The van der Waals surface area contributed by atoms with Crippen LogP contribution in [0.2, 0.25) is 0 Å². The number of aryl methyl sites for hydroxylation is 1. The number of benzene rings is 2. The van der Waals surface area contributed by atoms with Gasteiger partial charge < -0.3 is 14.5 Å². The molecule has 0 aliphatic rings. The largest absolute Gasteiger partial charge is 0.497 e. The van der Waals surface area contributed by atoms with E-state index in [0.29, 0.717) is 17.5 Å². The molecule has 122 valence electrons. The molecular weight excluding hydrogens is 306 g/mol. The van der Waals surface area contributed by atoms with Crippen LogP contribution in [0, 0.1) is 6.92 Å². The number of aromatic nitrogens is 2. The van der Waals surface area contributed by atoms with Crippen molar-refractivity contribution in [3.8, 4) is 17.2 Å². The zero-order valence-electron chi connectivity index (χ0n) is 13.4. The fourth-order valence-corrected chi connectivity index (χ4v) is 2.28. The quantitative estimate of drug-likeness (QED) is 0.780. The fourth-order valence-electron chi connectivity index (χ4n) is 2.28. The van der Waals surface area contributed by atoms with Gasteiger partial charge in [0.15, 0.2) is 0 Å². The third-order valence-corrected chi connectivity index (χ3v) is 3.44. The highest BCUT2D eigenvalue weighted by Gasteiger charge is 2.09. The van der Waals surface area contributed by atoms with Crippen molar-refractivity contribution in [2.45, 2.75) is 13.3 Å². The molecule has 6 nitrogen and oxygen atoms in total. The second kappa shape index (κ2) is 6.95. The van der Waals surface area contributed by atoms with E-state index in [9.17, 15) is 4.79 Å². The molecule has 0 atom stereocenters. The lowest BCUT2D eigenvalue weighted by Crippen LogP contribution is -2.14. The maximum Gasteiger partial charge on any atom is 0.247 e. The molecule has 0 aliphatic carbocycles. The zero-order chi connectivity index (χ0) is 16.9. The van der Waals surface area contributed by atoms with Gasteiger partial charge in [-0.05, 0) is 35.9 Å². The van der Waals surface area contributed by atoms with Crippen LogP contribution in [0.5, 0.6) is 5.75 Å². The van der Waals surface area contributed by atoms with Crippen LogP contribution < -0.4 is 10.1 Å². The summed E-state index contributed by atoms with van der Waals surface area (Å²) in [7, 11) is 1.61. The molecule has 2 aromatic carbocycles. The van der Waals surface area contributed by atoms with Crippen LogP contribution in [0.3, 0.4) is 0 Å². The van der Waals surface area contributed by atoms with Crippen LogP contribution in [-0.2, 0) is 11.2 Å². The van der Waals surface area contributed by atoms with E-state index in [-0.39, 0.29) is 12.3 Å². The van der Waals surface area contributed by atoms with Crippen LogP contribution in [0.25, 0.3) is 11.5 Å². The van der Waals surface area contributed by atoms with Crippen molar-refractivity contribution in [2.75, 3.05) is 12.4 Å². The molecular formula is C18H17N3O3. The maximum absolute atomic E-state index is 12.2. The minimum Gasteiger partial charge on any atom is -0.497 e. The van der Waals surface area contributed by atoms with Crippen molar-refractivity contribution in [3.05, 3.63) is 60.0 Å². The van der Waals surface area contributed by atoms with Gasteiger partial charge in [0.25, 0.3) is 0 Å². The summed E-state index contributed by atoms with van der Waals surface area (Å²) in [6.45, 7) is 1.73. The Morgan fingerprint density at radius 3 is 2.62 bits per heavy atom. The van der Waals surface area contributed by atoms with Crippen LogP contribution in [-0.4, -0.2) is 23.2 Å². The van der Waals surface area contributed by atoms with E-state index in [1.807, 2.05) is 42.5 Å². The molecule has 0 bridgehead atoms. The number of hydrogen-bond donors (Lipinski definition) is 1. The van der Waals surface area contributed by atoms with Crippen molar-refractivity contribution in [1.82, 2.24) is 10.2 Å². The van der Waals surface area contributed by atoms with Crippen LogP contribution in [0.1, 0.15) is 11.5 Å². The monoisotopic (exact) mass is 323 g/mol. The van der Waals surface area contributed by atoms with E-state index in [4.69, 9.17) is 9.15 Å². The van der Waals surface area contributed by atoms with Gasteiger partial charge >= 0.3 is 0 Å². The predicted octanol–water partition coefficient (Wildman–Crippen LogP) is 3.23. The Hall–Kier alpha value is -3.15. The molecule has 0 saturated heterocycles. The van der Waals surface area contributed by atoms with E-state index in [1.54, 1.807) is 20.1 Å². The summed E-state index contributed by atoms with van der Waals surface area (Å²) in [4.78, 5) is 12.2. The molecule has 1 aromatic heterocycles. The highest BCUT2D eigenvalue weighted by Crippen LogP contribution is 2.21. The first-order chi connectivity index (χ1) is 11.6. The first-order valence-electron chi connectivity index (χ1n) is 7.47. The Bertz CT molecular complexity index is 841. The Balaban J connectivity index is 1.67. The Kier molecular flexibility index (Phi) is 4.56. The Morgan fingerprint density at radius 2 is 1.96 bits per heavy atom. The number of rotatable bonds is 5. The van der Waals surface area contributed by atoms with Crippen molar-refractivity contribution >= 4 is 11.6 Å². The van der Waals surface area contributed by atoms with E-state index >= 15 is 0 Å². The number of nitrogens with zero attached hydrogens (tertiary/aromatic N) is 2. The summed E-state index contributed by atoms with van der Waals surface area (Å²) < 4.78 is 10.5. The molecule has 0 unspecified atom stereocenters. The summed E-state index contributed by atoms with van der Waals surface area (Å²) >= 11 is 0. The standard InChI is InChI=1S/C18H17N3O3/c1-12-20-21-18(24-12)14-4-3-5-15(11-14)19-17(22)10-13-6-8-16(23-2)9-7-13/h3-9,11H,10H2,1-2H3,(H,19,22). The average Bonchev–Trinajstić information content (AvgIpc) is 3.02. The molecule has 1 heterocycles. The first kappa shape index (κ1) is 15.7. The van der Waals surface area contributed by atoms with Gasteiger partial charge in [0, 0.05) is 18.2 Å². The van der Waals surface area contributed by atoms with Gasteiger partial charge in [0.05, 0.1) is 13.5 Å². The topological polar surface area (TPSA) is 77.2 Å². The van der Waals surface area contributed by atoms with E-state index in [1.165, 1.54) is 0 Å². The highest BCUT2D eigenvalue weighted by atomic mass is 16.5. The van der Waals surface area contributed by atoms with Gasteiger partial charge in [0.2, 0.25) is 17.7 Å². The summed E-state index contributed by atoms with van der Waals surface area (Å²) in [5.74, 6) is 1.60. The van der Waals surface area contributed by atoms with Gasteiger partial charge in [-0.1, -0.05) is 18.2 Å². The number of carbonyl (C=O) groups is 1. The lowest BCUT2D eigenvalue weighted by Gasteiger charge is -2.07. The zero-order valence-corrected chi connectivity index (χ0v) is 13.4. The molecule has 0 radical (unpaired) electrons. The van der Waals surface area contributed by atoms with Crippen LogP contribution in [0.4, 0.5) is 5.69 Å². The first-order valence-corrected chi connectivity index (χ1v) is 7.47. The normalized spacial score (nSPS) is 10.4. The number of anilines is 1. The van der Waals surface area contributed by atoms with E-state index in [0.717, 1.165) is 16.9 Å². The Morgan fingerprint density at radius 1 is 1.17 bits per heavy atom. The predicted molar refractivity (Wildman–Crippen MR) is 89.8 cm³/mol. The van der Waals surface area contributed by atoms with Crippen molar-refractivity contribution in [2.24, 2.45) is 0 Å². The molecule has 1 amide bonds. The van der Waals surface area contributed by atoms with Crippen LogP contribution in [0.15, 0.2) is 52.9 Å². The molecule has 0 saturated carbocycles. The highest BCUT2D eigenvalue weighted by molar-refractivity contribution is 5.92. The number of amides is 1. The van der Waals surface area contributed by atoms with Crippen molar-refractivity contribution in [3.63, 3.8) is 0 Å². The van der Waals surface area contributed by atoms with Crippen molar-refractivity contribution < 1.29 is 13.9 Å². The second-order valence-corrected chi connectivity index (χ2v) is 5.28. The smallest absolute Gasteiger partial charge is 0.247 e. The van der Waals surface area contributed by atoms with Gasteiger partial charge in [0.1, 0.15) is 5.75 Å². The number of ether oxygens (including phenoxy) is 1. The number of hydrogen-bond acceptors (Lipinski definition) is 5. The molecule has 3 rings (SSSR count). The van der Waals surface area contributed by atoms with Gasteiger partial charge in [-0.25, -0.2) is 0 Å². The molecule has 6 heteroatoms. The molecule has 0 aliphatic heterocycles. The van der Waals surface area contributed by atoms with E-state index < -0.39 is 0 Å². The third-order valence-electron chi connectivity index (χ3n) is 3.44. The lowest BCUT2D eigenvalue weighted by atomic mass is 10.1. The average molecular weight is 323 g/mol. The molecule has 3 aromatic rings. The van der Waals surface area contributed by atoms with Crippen LogP contribution >= 0.6 is 0 Å². The maximum atomic E-state index is 12.2. The summed E-state index contributed by atoms with van der Waals surface area (Å²) in [5, 5.41) is 10.7. The minimum atomic E-state index is -0.0981. The molecule has 0 fully saturated rings. The minimum absolute atomic E-state index is 0.0981. The second-order valence-electron chi connectivity index (χ2n) is 5.28. The molecule has 0 spiro atoms.